The average molecular weight is 259 g/mol. The number of ether oxygens (including phenoxy) is 1. The molecule has 3 heteroatoms. The summed E-state index contributed by atoms with van der Waals surface area (Å²) in [4.78, 5) is 12.0. The van der Waals surface area contributed by atoms with E-state index >= 15 is 0 Å². The van der Waals surface area contributed by atoms with Crippen LogP contribution in [-0.4, -0.2) is 17.0 Å². The lowest BCUT2D eigenvalue weighted by Gasteiger charge is -2.10. The van der Waals surface area contributed by atoms with Crippen molar-refractivity contribution in [2.45, 2.75) is 33.7 Å². The molecule has 1 atom stereocenters. The fraction of sp³-hybridized carbons (Fsp3) is 0.438. The molecule has 2 rings (SSSR count). The minimum atomic E-state index is 0.118. The van der Waals surface area contributed by atoms with E-state index in [1.807, 2.05) is 55.8 Å². The summed E-state index contributed by atoms with van der Waals surface area (Å²) >= 11 is 0. The summed E-state index contributed by atoms with van der Waals surface area (Å²) in [6.07, 6.45) is 2.86. The first-order valence-electron chi connectivity index (χ1n) is 6.90. The molecule has 102 valence electrons. The second kappa shape index (κ2) is 5.91. The summed E-state index contributed by atoms with van der Waals surface area (Å²) < 4.78 is 7.61. The Morgan fingerprint density at radius 1 is 1.32 bits per heavy atom. The summed E-state index contributed by atoms with van der Waals surface area (Å²) in [5.74, 6) is 1.28. The van der Waals surface area contributed by atoms with Gasteiger partial charge < -0.3 is 9.30 Å². The number of aromatic nitrogens is 1. The van der Waals surface area contributed by atoms with Crippen molar-refractivity contribution in [3.8, 4) is 5.75 Å². The number of hydrogen-bond acceptors (Lipinski definition) is 2. The molecule has 0 amide bonds. The topological polar surface area (TPSA) is 31.2 Å². The average Bonchev–Trinajstić information content (AvgIpc) is 2.82. The van der Waals surface area contributed by atoms with Gasteiger partial charge in [0.1, 0.15) is 5.75 Å². The zero-order chi connectivity index (χ0) is 13.8. The molecule has 19 heavy (non-hydrogen) atoms. The van der Waals surface area contributed by atoms with Crippen LogP contribution in [0.25, 0.3) is 10.9 Å². The predicted molar refractivity (Wildman–Crippen MR) is 77.6 cm³/mol. The van der Waals surface area contributed by atoms with Gasteiger partial charge >= 0.3 is 0 Å². The smallest absolute Gasteiger partial charge is 0.155 e. The van der Waals surface area contributed by atoms with E-state index < -0.39 is 0 Å². The largest absolute Gasteiger partial charge is 0.493 e. The van der Waals surface area contributed by atoms with E-state index in [0.29, 0.717) is 13.2 Å². The van der Waals surface area contributed by atoms with Gasteiger partial charge in [0, 0.05) is 17.5 Å². The Morgan fingerprint density at radius 2 is 2.11 bits per heavy atom. The maximum absolute atomic E-state index is 12.0. The number of benzene rings is 1. The van der Waals surface area contributed by atoms with Gasteiger partial charge in [-0.1, -0.05) is 19.9 Å². The van der Waals surface area contributed by atoms with Gasteiger partial charge in [-0.25, -0.2) is 0 Å². The highest BCUT2D eigenvalue weighted by molar-refractivity contribution is 5.88. The van der Waals surface area contributed by atoms with Crippen LogP contribution in [0.4, 0.5) is 0 Å². The van der Waals surface area contributed by atoms with Crippen molar-refractivity contribution >= 4 is 16.7 Å². The highest BCUT2D eigenvalue weighted by Crippen LogP contribution is 2.26. The minimum Gasteiger partial charge on any atom is -0.493 e. The molecule has 0 fully saturated rings. The monoisotopic (exact) mass is 259 g/mol. The summed E-state index contributed by atoms with van der Waals surface area (Å²) in [5, 5.41) is 1.07. The van der Waals surface area contributed by atoms with Crippen LogP contribution in [0.1, 0.15) is 27.2 Å². The van der Waals surface area contributed by atoms with Crippen LogP contribution in [0.15, 0.2) is 30.5 Å². The second-order valence-electron chi connectivity index (χ2n) is 4.84. The van der Waals surface area contributed by atoms with Crippen LogP contribution in [-0.2, 0) is 11.3 Å². The minimum absolute atomic E-state index is 0.118. The van der Waals surface area contributed by atoms with Gasteiger partial charge in [-0.3, -0.25) is 4.79 Å². The standard InChI is InChI=1S/C16H21NO2/c1-4-12(3)15(18)11-17-10-9-13-14(17)7-6-8-16(13)19-5-2/h6-10,12H,4-5,11H2,1-3H3. The van der Waals surface area contributed by atoms with Crippen molar-refractivity contribution in [1.82, 2.24) is 4.57 Å². The van der Waals surface area contributed by atoms with Gasteiger partial charge in [0.15, 0.2) is 5.78 Å². The van der Waals surface area contributed by atoms with Crippen LogP contribution in [0.3, 0.4) is 0 Å². The number of rotatable bonds is 6. The van der Waals surface area contributed by atoms with Gasteiger partial charge in [0.25, 0.3) is 0 Å². The van der Waals surface area contributed by atoms with Gasteiger partial charge in [-0.15, -0.1) is 0 Å². The molecule has 1 unspecified atom stereocenters. The molecule has 1 aromatic carbocycles. The fourth-order valence-corrected chi connectivity index (χ4v) is 2.17. The number of carbonyl (C=O) groups excluding carboxylic acids is 1. The Labute approximate surface area is 114 Å². The first-order chi connectivity index (χ1) is 9.17. The fourth-order valence-electron chi connectivity index (χ4n) is 2.17. The van der Waals surface area contributed by atoms with Gasteiger partial charge in [0.05, 0.1) is 18.7 Å². The number of hydrogen-bond donors (Lipinski definition) is 0. The van der Waals surface area contributed by atoms with E-state index in [0.717, 1.165) is 23.1 Å². The van der Waals surface area contributed by atoms with Crippen LogP contribution in [0.2, 0.25) is 0 Å². The molecule has 0 bridgehead atoms. The summed E-state index contributed by atoms with van der Waals surface area (Å²) in [6.45, 7) is 7.09. The maximum Gasteiger partial charge on any atom is 0.155 e. The molecule has 1 aromatic heterocycles. The maximum atomic E-state index is 12.0. The molecule has 2 aromatic rings. The van der Waals surface area contributed by atoms with Crippen LogP contribution in [0, 0.1) is 5.92 Å². The normalized spacial score (nSPS) is 12.6. The number of nitrogens with zero attached hydrogens (tertiary/aromatic N) is 1. The van der Waals surface area contributed by atoms with E-state index in [2.05, 4.69) is 0 Å². The summed E-state index contributed by atoms with van der Waals surface area (Å²) in [6, 6.07) is 7.98. The molecule has 0 saturated carbocycles. The Hall–Kier alpha value is -1.77. The lowest BCUT2D eigenvalue weighted by Crippen LogP contribution is -2.16. The molecular weight excluding hydrogens is 238 g/mol. The SMILES string of the molecule is CCOc1cccc2c1ccn2CC(=O)C(C)CC. The predicted octanol–water partition coefficient (Wildman–Crippen LogP) is 3.66. The van der Waals surface area contributed by atoms with E-state index in [9.17, 15) is 4.79 Å². The van der Waals surface area contributed by atoms with Crippen LogP contribution < -0.4 is 4.74 Å². The van der Waals surface area contributed by atoms with E-state index in [1.165, 1.54) is 0 Å². The highest BCUT2D eigenvalue weighted by atomic mass is 16.5. The number of carbonyl (C=O) groups is 1. The van der Waals surface area contributed by atoms with Crippen LogP contribution >= 0.6 is 0 Å². The van der Waals surface area contributed by atoms with Crippen molar-refractivity contribution < 1.29 is 9.53 Å². The van der Waals surface area contributed by atoms with Crippen molar-refractivity contribution in [3.63, 3.8) is 0 Å². The Morgan fingerprint density at radius 3 is 2.79 bits per heavy atom. The Kier molecular flexibility index (Phi) is 4.25. The molecule has 0 aliphatic heterocycles. The van der Waals surface area contributed by atoms with Crippen molar-refractivity contribution in [2.75, 3.05) is 6.61 Å². The summed E-state index contributed by atoms with van der Waals surface area (Å²) in [7, 11) is 0. The molecule has 3 nitrogen and oxygen atoms in total. The third kappa shape index (κ3) is 2.80. The lowest BCUT2D eigenvalue weighted by atomic mass is 10.0. The van der Waals surface area contributed by atoms with E-state index in [-0.39, 0.29) is 11.7 Å². The van der Waals surface area contributed by atoms with Gasteiger partial charge in [-0.05, 0) is 31.5 Å². The lowest BCUT2D eigenvalue weighted by molar-refractivity contribution is -0.122. The number of ketones is 1. The van der Waals surface area contributed by atoms with E-state index in [4.69, 9.17) is 4.74 Å². The zero-order valence-electron chi connectivity index (χ0n) is 11.8. The molecule has 0 saturated heterocycles. The molecular formula is C16H21NO2. The molecule has 0 N–H and O–H groups in total. The number of Topliss-reactive ketones (excluding diaryl/α,β-unsaturated/α-hetero) is 1. The second-order valence-corrected chi connectivity index (χ2v) is 4.84. The summed E-state index contributed by atoms with van der Waals surface area (Å²) in [5.41, 5.74) is 1.06. The highest BCUT2D eigenvalue weighted by Gasteiger charge is 2.13. The van der Waals surface area contributed by atoms with E-state index in [1.54, 1.807) is 0 Å². The van der Waals surface area contributed by atoms with Crippen molar-refractivity contribution in [1.29, 1.82) is 0 Å². The van der Waals surface area contributed by atoms with Gasteiger partial charge in [-0.2, -0.15) is 0 Å². The molecule has 1 heterocycles. The molecule has 0 aliphatic carbocycles. The molecule has 0 aliphatic rings. The Balaban J connectivity index is 2.30. The molecule has 0 spiro atoms. The van der Waals surface area contributed by atoms with Crippen LogP contribution in [0.5, 0.6) is 5.75 Å². The number of fused-ring (bicyclic) bond motifs is 1. The first-order valence-corrected chi connectivity index (χ1v) is 6.90. The zero-order valence-corrected chi connectivity index (χ0v) is 11.8. The first kappa shape index (κ1) is 13.7. The quantitative estimate of drug-likeness (QED) is 0.792. The van der Waals surface area contributed by atoms with Crippen molar-refractivity contribution in [3.05, 3.63) is 30.5 Å². The third-order valence-corrected chi connectivity index (χ3v) is 3.56. The van der Waals surface area contributed by atoms with Crippen molar-refractivity contribution in [2.24, 2.45) is 5.92 Å². The third-order valence-electron chi connectivity index (χ3n) is 3.56. The molecule has 0 radical (unpaired) electrons. The van der Waals surface area contributed by atoms with Gasteiger partial charge in [0.2, 0.25) is 0 Å². The Bertz CT molecular complexity index is 571.